The molecule has 0 aliphatic carbocycles. The van der Waals surface area contributed by atoms with Crippen LogP contribution >= 0.6 is 22.9 Å². The van der Waals surface area contributed by atoms with Crippen molar-refractivity contribution >= 4 is 50.3 Å². The number of carbonyl (C=O) groups excluding carboxylic acids is 1. The SMILES string of the molecule is COc1ccc(/C=C/C(=O)N(CCCN2CCOCC2)c2nc3c(C)c(Cl)ccc3s2)cc1OC. The second kappa shape index (κ2) is 11.9. The topological polar surface area (TPSA) is 64.1 Å². The van der Waals surface area contributed by atoms with E-state index in [1.165, 1.54) is 11.3 Å². The Balaban J connectivity index is 1.56. The Kier molecular flexibility index (Phi) is 8.62. The first-order valence-corrected chi connectivity index (χ1v) is 12.8. The van der Waals surface area contributed by atoms with Crippen LogP contribution in [0.25, 0.3) is 16.3 Å². The number of aromatic nitrogens is 1. The maximum atomic E-state index is 13.4. The number of ether oxygens (including phenoxy) is 3. The molecule has 0 radical (unpaired) electrons. The van der Waals surface area contributed by atoms with E-state index in [9.17, 15) is 4.79 Å². The second-order valence-electron chi connectivity index (χ2n) is 8.26. The molecule has 4 rings (SSSR count). The Morgan fingerprint density at radius 1 is 1.20 bits per heavy atom. The molecule has 0 saturated carbocycles. The van der Waals surface area contributed by atoms with Gasteiger partial charge in [0.1, 0.15) is 0 Å². The third-order valence-electron chi connectivity index (χ3n) is 6.02. The number of anilines is 1. The van der Waals surface area contributed by atoms with E-state index in [1.807, 2.05) is 37.3 Å². The summed E-state index contributed by atoms with van der Waals surface area (Å²) in [5.41, 5.74) is 2.61. The van der Waals surface area contributed by atoms with Gasteiger partial charge in [0.15, 0.2) is 16.6 Å². The van der Waals surface area contributed by atoms with E-state index in [0.29, 0.717) is 28.2 Å². The highest BCUT2D eigenvalue weighted by Gasteiger charge is 2.20. The fourth-order valence-corrected chi connectivity index (χ4v) is 5.20. The first-order valence-electron chi connectivity index (χ1n) is 11.6. The van der Waals surface area contributed by atoms with Gasteiger partial charge >= 0.3 is 0 Å². The molecular weight excluding hydrogens is 486 g/mol. The van der Waals surface area contributed by atoms with Gasteiger partial charge in [0.05, 0.1) is 37.6 Å². The molecule has 9 heteroatoms. The number of methoxy groups -OCH3 is 2. The highest BCUT2D eigenvalue weighted by molar-refractivity contribution is 7.22. The summed E-state index contributed by atoms with van der Waals surface area (Å²) < 4.78 is 17.1. The van der Waals surface area contributed by atoms with Gasteiger partial charge in [-0.25, -0.2) is 4.98 Å². The number of aryl methyl sites for hydroxylation is 1. The Hall–Kier alpha value is -2.65. The lowest BCUT2D eigenvalue weighted by Gasteiger charge is -2.27. The average molecular weight is 516 g/mol. The molecule has 1 amide bonds. The molecule has 35 heavy (non-hydrogen) atoms. The fourth-order valence-electron chi connectivity index (χ4n) is 4.00. The zero-order chi connectivity index (χ0) is 24.8. The molecule has 2 heterocycles. The van der Waals surface area contributed by atoms with Crippen molar-refractivity contribution in [3.05, 3.63) is 52.6 Å². The molecule has 7 nitrogen and oxygen atoms in total. The second-order valence-corrected chi connectivity index (χ2v) is 9.68. The fraction of sp³-hybridized carbons (Fsp3) is 0.385. The lowest BCUT2D eigenvalue weighted by atomic mass is 10.2. The molecule has 1 aromatic heterocycles. The number of amides is 1. The molecular formula is C26H30ClN3O4S. The highest BCUT2D eigenvalue weighted by atomic mass is 35.5. The molecule has 1 saturated heterocycles. The molecule has 0 spiro atoms. The number of benzene rings is 2. The van der Waals surface area contributed by atoms with Gasteiger partial charge in [-0.05, 0) is 54.8 Å². The minimum Gasteiger partial charge on any atom is -0.493 e. The average Bonchev–Trinajstić information content (AvgIpc) is 3.32. The van der Waals surface area contributed by atoms with Gasteiger partial charge in [0.2, 0.25) is 0 Å². The van der Waals surface area contributed by atoms with Crippen LogP contribution in [0, 0.1) is 6.92 Å². The third-order valence-corrected chi connectivity index (χ3v) is 7.47. The molecule has 1 fully saturated rings. The summed E-state index contributed by atoms with van der Waals surface area (Å²) in [6.45, 7) is 6.79. The van der Waals surface area contributed by atoms with Crippen molar-refractivity contribution in [3.63, 3.8) is 0 Å². The monoisotopic (exact) mass is 515 g/mol. The van der Waals surface area contributed by atoms with E-state index in [-0.39, 0.29) is 5.91 Å². The number of hydrogen-bond acceptors (Lipinski definition) is 7. The molecule has 3 aromatic rings. The molecule has 1 aliphatic heterocycles. The predicted molar refractivity (Wildman–Crippen MR) is 142 cm³/mol. The van der Waals surface area contributed by atoms with Gasteiger partial charge in [0.25, 0.3) is 5.91 Å². The maximum absolute atomic E-state index is 13.4. The molecule has 1 aliphatic rings. The quantitative estimate of drug-likeness (QED) is 0.372. The van der Waals surface area contributed by atoms with Crippen LogP contribution in [0.15, 0.2) is 36.4 Å². The molecule has 2 aromatic carbocycles. The third kappa shape index (κ3) is 6.13. The van der Waals surface area contributed by atoms with E-state index in [0.717, 1.165) is 60.6 Å². The number of halogens is 1. The summed E-state index contributed by atoms with van der Waals surface area (Å²) in [4.78, 5) is 22.3. The zero-order valence-electron chi connectivity index (χ0n) is 20.3. The summed E-state index contributed by atoms with van der Waals surface area (Å²) in [6, 6.07) is 9.39. The number of hydrogen-bond donors (Lipinski definition) is 0. The van der Waals surface area contributed by atoms with E-state index in [1.54, 1.807) is 31.3 Å². The Bertz CT molecular complexity index is 1210. The van der Waals surface area contributed by atoms with Gasteiger partial charge in [-0.15, -0.1) is 0 Å². The molecule has 0 unspecified atom stereocenters. The van der Waals surface area contributed by atoms with Crippen molar-refractivity contribution < 1.29 is 19.0 Å². The smallest absolute Gasteiger partial charge is 0.252 e. The van der Waals surface area contributed by atoms with Crippen LogP contribution in [0.3, 0.4) is 0 Å². The number of fused-ring (bicyclic) bond motifs is 1. The van der Waals surface area contributed by atoms with Crippen LogP contribution < -0.4 is 14.4 Å². The van der Waals surface area contributed by atoms with Crippen LogP contribution in [0.2, 0.25) is 5.02 Å². The van der Waals surface area contributed by atoms with Crippen molar-refractivity contribution in [1.29, 1.82) is 0 Å². The van der Waals surface area contributed by atoms with Crippen LogP contribution in [0.1, 0.15) is 17.5 Å². The first kappa shape index (κ1) is 25.4. The van der Waals surface area contributed by atoms with Gasteiger partial charge < -0.3 is 14.2 Å². The number of nitrogens with zero attached hydrogens (tertiary/aromatic N) is 3. The standard InChI is InChI=1S/C26H30ClN3O4S/c1-18-20(27)7-9-23-25(18)28-26(35-23)30(12-4-11-29-13-15-34-16-14-29)24(31)10-6-19-5-8-21(32-2)22(17-19)33-3/h5-10,17H,4,11-16H2,1-3H3/b10-6+. The lowest BCUT2D eigenvalue weighted by Crippen LogP contribution is -2.39. The summed E-state index contributed by atoms with van der Waals surface area (Å²) in [5.74, 6) is 1.14. The summed E-state index contributed by atoms with van der Waals surface area (Å²) >= 11 is 7.82. The minimum absolute atomic E-state index is 0.121. The van der Waals surface area contributed by atoms with Gasteiger partial charge in [-0.1, -0.05) is 29.0 Å². The first-order chi connectivity index (χ1) is 17.0. The van der Waals surface area contributed by atoms with E-state index in [2.05, 4.69) is 4.90 Å². The predicted octanol–water partition coefficient (Wildman–Crippen LogP) is 5.04. The normalized spacial score (nSPS) is 14.5. The van der Waals surface area contributed by atoms with Gasteiger partial charge in [0, 0.05) is 37.3 Å². The Morgan fingerprint density at radius 3 is 2.71 bits per heavy atom. The van der Waals surface area contributed by atoms with Crippen LogP contribution in [-0.4, -0.2) is 69.4 Å². The molecule has 186 valence electrons. The lowest BCUT2D eigenvalue weighted by molar-refractivity contribution is -0.114. The van der Waals surface area contributed by atoms with E-state index < -0.39 is 0 Å². The number of rotatable bonds is 9. The number of morpholine rings is 1. The maximum Gasteiger partial charge on any atom is 0.252 e. The molecule has 0 N–H and O–H groups in total. The number of thiazole rings is 1. The highest BCUT2D eigenvalue weighted by Crippen LogP contribution is 2.34. The van der Waals surface area contributed by atoms with Crippen LogP contribution in [0.4, 0.5) is 5.13 Å². The Morgan fingerprint density at radius 2 is 1.97 bits per heavy atom. The van der Waals surface area contributed by atoms with Crippen molar-refractivity contribution in [1.82, 2.24) is 9.88 Å². The summed E-state index contributed by atoms with van der Waals surface area (Å²) in [7, 11) is 3.19. The van der Waals surface area contributed by atoms with Crippen LogP contribution in [-0.2, 0) is 9.53 Å². The van der Waals surface area contributed by atoms with Crippen molar-refractivity contribution in [2.24, 2.45) is 0 Å². The van der Waals surface area contributed by atoms with Crippen molar-refractivity contribution in [2.75, 3.05) is 58.5 Å². The summed E-state index contributed by atoms with van der Waals surface area (Å²) in [6.07, 6.45) is 4.21. The van der Waals surface area contributed by atoms with Gasteiger partial charge in [-0.2, -0.15) is 0 Å². The van der Waals surface area contributed by atoms with Crippen molar-refractivity contribution in [3.8, 4) is 11.5 Å². The number of carbonyl (C=O) groups is 1. The van der Waals surface area contributed by atoms with E-state index >= 15 is 0 Å². The van der Waals surface area contributed by atoms with E-state index in [4.69, 9.17) is 30.8 Å². The largest absolute Gasteiger partial charge is 0.493 e. The van der Waals surface area contributed by atoms with Gasteiger partial charge in [-0.3, -0.25) is 14.6 Å². The summed E-state index contributed by atoms with van der Waals surface area (Å²) in [5, 5.41) is 1.35. The minimum atomic E-state index is -0.121. The van der Waals surface area contributed by atoms with Crippen LogP contribution in [0.5, 0.6) is 11.5 Å². The molecule has 0 bridgehead atoms. The van der Waals surface area contributed by atoms with Crippen molar-refractivity contribution in [2.45, 2.75) is 13.3 Å². The zero-order valence-corrected chi connectivity index (χ0v) is 21.8. The molecule has 0 atom stereocenters. The Labute approximate surface area is 214 Å².